The van der Waals surface area contributed by atoms with Gasteiger partial charge in [-0.05, 0) is 6.92 Å². The molecular formula is C12H20ClN3O2. The van der Waals surface area contributed by atoms with Gasteiger partial charge in [-0.2, -0.15) is 0 Å². The number of aryl methyl sites for hydroxylation is 1. The van der Waals surface area contributed by atoms with Crippen LogP contribution in [0.3, 0.4) is 0 Å². The van der Waals surface area contributed by atoms with Crippen LogP contribution in [0.2, 0.25) is 5.15 Å². The summed E-state index contributed by atoms with van der Waals surface area (Å²) in [5.74, 6) is 1.31. The third-order valence-electron chi connectivity index (χ3n) is 2.55. The smallest absolute Gasteiger partial charge is 0.134 e. The fraction of sp³-hybridized carbons (Fsp3) is 0.667. The Hall–Kier alpha value is -0.910. The molecule has 5 nitrogen and oxygen atoms in total. The van der Waals surface area contributed by atoms with Gasteiger partial charge in [-0.3, -0.25) is 0 Å². The van der Waals surface area contributed by atoms with Crippen LogP contribution in [0.5, 0.6) is 0 Å². The Morgan fingerprint density at radius 2 is 2.22 bits per heavy atom. The SMILES string of the molecule is CCc1nc(Cl)cc(NCC(C)(O)CCOC)n1. The third-order valence-corrected chi connectivity index (χ3v) is 2.75. The molecule has 1 aromatic rings. The van der Waals surface area contributed by atoms with Gasteiger partial charge in [-0.1, -0.05) is 18.5 Å². The summed E-state index contributed by atoms with van der Waals surface area (Å²) in [7, 11) is 1.61. The fourth-order valence-corrected chi connectivity index (χ4v) is 1.61. The molecule has 0 aromatic carbocycles. The molecule has 2 N–H and O–H groups in total. The maximum Gasteiger partial charge on any atom is 0.134 e. The number of ether oxygens (including phenoxy) is 1. The van der Waals surface area contributed by atoms with Crippen molar-refractivity contribution in [2.24, 2.45) is 0 Å². The average Bonchev–Trinajstić information content (AvgIpc) is 2.33. The topological polar surface area (TPSA) is 67.3 Å². The highest BCUT2D eigenvalue weighted by Gasteiger charge is 2.19. The van der Waals surface area contributed by atoms with Crippen molar-refractivity contribution in [3.05, 3.63) is 17.0 Å². The molecule has 0 radical (unpaired) electrons. The molecule has 0 spiro atoms. The highest BCUT2D eigenvalue weighted by Crippen LogP contribution is 2.15. The van der Waals surface area contributed by atoms with E-state index in [4.69, 9.17) is 16.3 Å². The molecule has 18 heavy (non-hydrogen) atoms. The molecular weight excluding hydrogens is 254 g/mol. The number of nitrogens with zero attached hydrogens (tertiary/aromatic N) is 2. The Bertz CT molecular complexity index is 386. The number of halogens is 1. The van der Waals surface area contributed by atoms with E-state index in [1.807, 2.05) is 6.92 Å². The molecule has 0 fully saturated rings. The van der Waals surface area contributed by atoms with Crippen molar-refractivity contribution in [2.75, 3.05) is 25.6 Å². The molecule has 0 amide bonds. The first-order chi connectivity index (χ1) is 8.46. The maximum absolute atomic E-state index is 10.1. The van der Waals surface area contributed by atoms with Crippen molar-refractivity contribution in [3.8, 4) is 0 Å². The molecule has 0 saturated carbocycles. The van der Waals surface area contributed by atoms with Crippen LogP contribution in [0.15, 0.2) is 6.07 Å². The molecule has 102 valence electrons. The van der Waals surface area contributed by atoms with Crippen LogP contribution in [0.1, 0.15) is 26.1 Å². The molecule has 0 aliphatic carbocycles. The lowest BCUT2D eigenvalue weighted by Gasteiger charge is -2.23. The van der Waals surface area contributed by atoms with Crippen LogP contribution < -0.4 is 5.32 Å². The number of aliphatic hydroxyl groups is 1. The molecule has 1 heterocycles. The molecule has 0 saturated heterocycles. The minimum atomic E-state index is -0.847. The molecule has 1 aromatic heterocycles. The van der Waals surface area contributed by atoms with Crippen LogP contribution in [-0.4, -0.2) is 40.9 Å². The van der Waals surface area contributed by atoms with Crippen molar-refractivity contribution in [1.82, 2.24) is 9.97 Å². The largest absolute Gasteiger partial charge is 0.388 e. The van der Waals surface area contributed by atoms with E-state index in [9.17, 15) is 5.11 Å². The predicted octanol–water partition coefficient (Wildman–Crippen LogP) is 1.89. The summed E-state index contributed by atoms with van der Waals surface area (Å²) in [6.07, 6.45) is 1.27. The predicted molar refractivity (Wildman–Crippen MR) is 72.0 cm³/mol. The van der Waals surface area contributed by atoms with Gasteiger partial charge in [0.25, 0.3) is 0 Å². The van der Waals surface area contributed by atoms with Crippen molar-refractivity contribution in [2.45, 2.75) is 32.3 Å². The van der Waals surface area contributed by atoms with E-state index in [1.54, 1.807) is 20.1 Å². The zero-order chi connectivity index (χ0) is 13.6. The fourth-order valence-electron chi connectivity index (χ4n) is 1.40. The lowest BCUT2D eigenvalue weighted by Crippen LogP contribution is -2.34. The van der Waals surface area contributed by atoms with Crippen LogP contribution >= 0.6 is 11.6 Å². The van der Waals surface area contributed by atoms with Crippen molar-refractivity contribution < 1.29 is 9.84 Å². The van der Waals surface area contributed by atoms with Crippen molar-refractivity contribution in [1.29, 1.82) is 0 Å². The Labute approximate surface area is 113 Å². The lowest BCUT2D eigenvalue weighted by atomic mass is 10.0. The van der Waals surface area contributed by atoms with Crippen LogP contribution in [0.25, 0.3) is 0 Å². The summed E-state index contributed by atoms with van der Waals surface area (Å²) in [5, 5.41) is 13.6. The van der Waals surface area contributed by atoms with E-state index in [1.165, 1.54) is 0 Å². The van der Waals surface area contributed by atoms with Gasteiger partial charge in [0.1, 0.15) is 16.8 Å². The number of hydrogen-bond acceptors (Lipinski definition) is 5. The van der Waals surface area contributed by atoms with Crippen molar-refractivity contribution in [3.63, 3.8) is 0 Å². The number of rotatable bonds is 7. The van der Waals surface area contributed by atoms with Crippen LogP contribution in [-0.2, 0) is 11.2 Å². The van der Waals surface area contributed by atoms with Gasteiger partial charge in [-0.15, -0.1) is 0 Å². The lowest BCUT2D eigenvalue weighted by molar-refractivity contribution is 0.0357. The second kappa shape index (κ2) is 6.87. The number of aromatic nitrogens is 2. The minimum absolute atomic E-state index is 0.382. The van der Waals surface area contributed by atoms with Gasteiger partial charge in [0.15, 0.2) is 0 Å². The second-order valence-electron chi connectivity index (χ2n) is 4.44. The van der Waals surface area contributed by atoms with Gasteiger partial charge in [0.2, 0.25) is 0 Å². The summed E-state index contributed by atoms with van der Waals surface area (Å²) in [6, 6.07) is 1.65. The Balaban J connectivity index is 2.59. The molecule has 0 aliphatic heterocycles. The zero-order valence-electron chi connectivity index (χ0n) is 11.0. The summed E-state index contributed by atoms with van der Waals surface area (Å²) in [6.45, 7) is 4.61. The Kier molecular flexibility index (Phi) is 5.78. The minimum Gasteiger partial charge on any atom is -0.388 e. The summed E-state index contributed by atoms with van der Waals surface area (Å²) < 4.78 is 4.95. The van der Waals surface area contributed by atoms with Gasteiger partial charge >= 0.3 is 0 Å². The normalized spacial score (nSPS) is 14.3. The van der Waals surface area contributed by atoms with E-state index < -0.39 is 5.60 Å². The monoisotopic (exact) mass is 273 g/mol. The third kappa shape index (κ3) is 5.16. The van der Waals surface area contributed by atoms with E-state index >= 15 is 0 Å². The van der Waals surface area contributed by atoms with Crippen LogP contribution in [0.4, 0.5) is 5.82 Å². The zero-order valence-corrected chi connectivity index (χ0v) is 11.8. The molecule has 0 aliphatic rings. The summed E-state index contributed by atoms with van der Waals surface area (Å²) in [4.78, 5) is 8.36. The summed E-state index contributed by atoms with van der Waals surface area (Å²) in [5.41, 5.74) is -0.847. The van der Waals surface area contributed by atoms with E-state index in [2.05, 4.69) is 15.3 Å². The number of hydrogen-bond donors (Lipinski definition) is 2. The highest BCUT2D eigenvalue weighted by molar-refractivity contribution is 6.29. The first kappa shape index (κ1) is 15.1. The number of nitrogens with one attached hydrogen (secondary N) is 1. The number of anilines is 1. The quantitative estimate of drug-likeness (QED) is 0.743. The standard InChI is InChI=1S/C12H20ClN3O2/c1-4-10-15-9(13)7-11(16-10)14-8-12(2,17)5-6-18-3/h7,17H,4-6,8H2,1-3H3,(H,14,15,16). The summed E-state index contributed by atoms with van der Waals surface area (Å²) >= 11 is 5.89. The van der Waals surface area contributed by atoms with E-state index in [0.717, 1.165) is 6.42 Å². The molecule has 1 rings (SSSR count). The Morgan fingerprint density at radius 1 is 1.50 bits per heavy atom. The second-order valence-corrected chi connectivity index (χ2v) is 4.83. The first-order valence-corrected chi connectivity index (χ1v) is 6.33. The van der Waals surface area contributed by atoms with Gasteiger partial charge < -0.3 is 15.2 Å². The van der Waals surface area contributed by atoms with Gasteiger partial charge in [0, 0.05) is 39.2 Å². The Morgan fingerprint density at radius 3 is 2.83 bits per heavy atom. The van der Waals surface area contributed by atoms with E-state index in [-0.39, 0.29) is 0 Å². The maximum atomic E-state index is 10.1. The van der Waals surface area contributed by atoms with E-state index in [0.29, 0.717) is 36.4 Å². The highest BCUT2D eigenvalue weighted by atomic mass is 35.5. The molecule has 6 heteroatoms. The van der Waals surface area contributed by atoms with Gasteiger partial charge in [0.05, 0.1) is 5.60 Å². The molecule has 1 unspecified atom stereocenters. The van der Waals surface area contributed by atoms with Gasteiger partial charge in [-0.25, -0.2) is 9.97 Å². The number of methoxy groups -OCH3 is 1. The average molecular weight is 274 g/mol. The molecule has 0 bridgehead atoms. The van der Waals surface area contributed by atoms with Crippen molar-refractivity contribution >= 4 is 17.4 Å². The first-order valence-electron chi connectivity index (χ1n) is 5.95. The molecule has 1 atom stereocenters. The van der Waals surface area contributed by atoms with Crippen LogP contribution in [0, 0.1) is 0 Å².